The van der Waals surface area contributed by atoms with Crippen LogP contribution in [-0.2, 0) is 53.5 Å². The second kappa shape index (κ2) is 23.3. The Morgan fingerprint density at radius 1 is 0.943 bits per heavy atom. The largest absolute Gasteiger partial charge is 0.508 e. The highest BCUT2D eigenvalue weighted by Gasteiger charge is 2.47. The summed E-state index contributed by atoms with van der Waals surface area (Å²) in [5.74, 6) is -0.765. The molecule has 2 heterocycles. The lowest BCUT2D eigenvalue weighted by Crippen LogP contribution is -2.64. The number of hydrogen-bond acceptors (Lipinski definition) is 14. The van der Waals surface area contributed by atoms with Crippen LogP contribution in [0.15, 0.2) is 30.3 Å². The van der Waals surface area contributed by atoms with E-state index in [2.05, 4.69) is 15.2 Å². The van der Waals surface area contributed by atoms with Crippen LogP contribution in [-0.4, -0.2) is 128 Å². The van der Waals surface area contributed by atoms with E-state index in [1.54, 1.807) is 0 Å². The molecule has 2 amide bonds. The first-order valence-corrected chi connectivity index (χ1v) is 19.7. The molecule has 0 radical (unpaired) electrons. The van der Waals surface area contributed by atoms with Gasteiger partial charge in [0, 0.05) is 45.5 Å². The Balaban J connectivity index is 1.28. The fourth-order valence-corrected chi connectivity index (χ4v) is 7.02. The molecule has 0 aromatic heterocycles. The standard InChI is InChI=1S/C34H56BN2O15P/c1-22(39)37-28-30(42)29(41)25(19-38)51-33(28)47-18-12-10-16-27(40)36-17-11-5-3-4-9-15-24-31(52-53(44,45)46-2)26(50-32(24)35)21-49-34(43)48-20-23-13-7-6-8-14-23/h6-8,13-14,24-26,28-33,38,41-42H,3-5,9-12,15-21,35H2,1-2H3,(H,36,40)(H,37,39)(H,44,45)/t24?,25-,26-,28-,29+,30-,31-,32-,33-/m1/s1. The first-order valence-electron chi connectivity index (χ1n) is 18.2. The van der Waals surface area contributed by atoms with Gasteiger partial charge in [-0.1, -0.05) is 56.0 Å². The zero-order chi connectivity index (χ0) is 38.8. The van der Waals surface area contributed by atoms with Gasteiger partial charge in [0.1, 0.15) is 57.6 Å². The van der Waals surface area contributed by atoms with Gasteiger partial charge < -0.3 is 54.5 Å². The van der Waals surface area contributed by atoms with Crippen molar-refractivity contribution in [3.8, 4) is 0 Å². The number of aliphatic hydroxyl groups excluding tert-OH is 3. The van der Waals surface area contributed by atoms with Gasteiger partial charge >= 0.3 is 14.0 Å². The van der Waals surface area contributed by atoms with Gasteiger partial charge in [0.05, 0.1) is 6.61 Å². The number of rotatable bonds is 23. The number of benzene rings is 1. The third kappa shape index (κ3) is 15.6. The molecule has 1 aromatic rings. The number of carbonyl (C=O) groups is 3. The zero-order valence-electron chi connectivity index (χ0n) is 30.7. The van der Waals surface area contributed by atoms with Crippen LogP contribution >= 0.6 is 7.82 Å². The Morgan fingerprint density at radius 3 is 2.36 bits per heavy atom. The van der Waals surface area contributed by atoms with Crippen LogP contribution in [0, 0.1) is 5.92 Å². The highest BCUT2D eigenvalue weighted by molar-refractivity contribution is 7.47. The van der Waals surface area contributed by atoms with E-state index in [9.17, 15) is 39.2 Å². The average molecular weight is 775 g/mol. The summed E-state index contributed by atoms with van der Waals surface area (Å²) in [5, 5.41) is 35.3. The normalized spacial score (nSPS) is 28.2. The maximum Gasteiger partial charge on any atom is 0.508 e. The molecule has 2 aliphatic rings. The van der Waals surface area contributed by atoms with Crippen LogP contribution in [0.2, 0.25) is 0 Å². The van der Waals surface area contributed by atoms with Crippen molar-refractivity contribution in [1.82, 2.24) is 10.6 Å². The third-order valence-electron chi connectivity index (χ3n) is 9.20. The molecule has 2 fully saturated rings. The lowest BCUT2D eigenvalue weighted by Gasteiger charge is -2.42. The molecule has 6 N–H and O–H groups in total. The number of carbonyl (C=O) groups excluding carboxylic acids is 3. The van der Waals surface area contributed by atoms with Gasteiger partial charge in [-0.3, -0.25) is 18.6 Å². The summed E-state index contributed by atoms with van der Waals surface area (Å²) < 4.78 is 50.1. The molecule has 2 unspecified atom stereocenters. The van der Waals surface area contributed by atoms with Crippen LogP contribution in [0.25, 0.3) is 0 Å². The second-order valence-electron chi connectivity index (χ2n) is 13.3. The van der Waals surface area contributed by atoms with Crippen LogP contribution in [0.5, 0.6) is 0 Å². The molecule has 19 heteroatoms. The Hall–Kier alpha value is -2.64. The summed E-state index contributed by atoms with van der Waals surface area (Å²) in [6.45, 7) is 1.27. The molecule has 0 bridgehead atoms. The maximum atomic E-state index is 12.3. The van der Waals surface area contributed by atoms with Gasteiger partial charge in [0.25, 0.3) is 0 Å². The Labute approximate surface area is 311 Å². The summed E-state index contributed by atoms with van der Waals surface area (Å²) in [6, 6.07) is 7.80. The van der Waals surface area contributed by atoms with Crippen molar-refractivity contribution < 1.29 is 71.9 Å². The quantitative estimate of drug-likeness (QED) is 0.0394. The smallest absolute Gasteiger partial charge is 0.431 e. The number of amides is 2. The van der Waals surface area contributed by atoms with Crippen molar-refractivity contribution in [1.29, 1.82) is 0 Å². The molecule has 1 aromatic carbocycles. The Morgan fingerprint density at radius 2 is 1.66 bits per heavy atom. The molecule has 2 aliphatic heterocycles. The topological polar surface area (TPSA) is 238 Å². The van der Waals surface area contributed by atoms with Gasteiger partial charge in [-0.2, -0.15) is 0 Å². The van der Waals surface area contributed by atoms with Gasteiger partial charge in [0.15, 0.2) is 6.29 Å². The van der Waals surface area contributed by atoms with E-state index in [-0.39, 0.29) is 37.6 Å². The summed E-state index contributed by atoms with van der Waals surface area (Å²) in [4.78, 5) is 46.1. The lowest BCUT2D eigenvalue weighted by atomic mass is 9.81. The van der Waals surface area contributed by atoms with E-state index in [0.717, 1.165) is 44.8 Å². The summed E-state index contributed by atoms with van der Waals surface area (Å²) in [6.07, 6.45) is -1.12. The molecule has 0 saturated carbocycles. The summed E-state index contributed by atoms with van der Waals surface area (Å²) >= 11 is 0. The average Bonchev–Trinajstić information content (AvgIpc) is 3.42. The van der Waals surface area contributed by atoms with Crippen molar-refractivity contribution in [2.75, 3.05) is 33.5 Å². The van der Waals surface area contributed by atoms with E-state index in [4.69, 9.17) is 28.2 Å². The van der Waals surface area contributed by atoms with Crippen molar-refractivity contribution in [3.63, 3.8) is 0 Å². The predicted octanol–water partition coefficient (Wildman–Crippen LogP) is 1.03. The molecule has 0 aliphatic carbocycles. The highest BCUT2D eigenvalue weighted by Crippen LogP contribution is 2.48. The molecule has 0 spiro atoms. The zero-order valence-corrected chi connectivity index (χ0v) is 31.6. The number of aliphatic hydroxyl groups is 3. The first-order chi connectivity index (χ1) is 25.3. The summed E-state index contributed by atoms with van der Waals surface area (Å²) in [5.41, 5.74) is 0.800. The van der Waals surface area contributed by atoms with Crippen LogP contribution in [0.3, 0.4) is 0 Å². The molecule has 2 saturated heterocycles. The molecule has 17 nitrogen and oxygen atoms in total. The minimum Gasteiger partial charge on any atom is -0.431 e. The van der Waals surface area contributed by atoms with E-state index in [0.29, 0.717) is 32.2 Å². The molecule has 3 rings (SSSR count). The number of hydrogen-bond donors (Lipinski definition) is 6. The summed E-state index contributed by atoms with van der Waals surface area (Å²) in [7, 11) is -1.43. The van der Waals surface area contributed by atoms with E-state index in [1.807, 2.05) is 38.2 Å². The SMILES string of the molecule is B[C@@H]1O[C@H](COC(=O)OCc2ccccc2)[C@H](OP(=O)(O)OC)C1CCCCCCCNC(=O)CCCCO[C@@H]1O[C@H](CO)[C@H](O)[C@H](O)[C@H]1NC(C)=O. The van der Waals surface area contributed by atoms with E-state index in [1.165, 1.54) is 6.92 Å². The van der Waals surface area contributed by atoms with Crippen LogP contribution in [0.4, 0.5) is 4.79 Å². The number of phosphoric acid groups is 1. The molecule has 53 heavy (non-hydrogen) atoms. The van der Waals surface area contributed by atoms with Crippen LogP contribution in [0.1, 0.15) is 70.3 Å². The second-order valence-corrected chi connectivity index (χ2v) is 14.8. The van der Waals surface area contributed by atoms with Crippen LogP contribution < -0.4 is 10.6 Å². The monoisotopic (exact) mass is 774 g/mol. The molecular formula is C34H56BN2O15P. The van der Waals surface area contributed by atoms with Gasteiger partial charge in [-0.05, 0) is 31.2 Å². The fraction of sp³-hybridized carbons (Fsp3) is 0.735. The third-order valence-corrected chi connectivity index (χ3v) is 10.2. The van der Waals surface area contributed by atoms with E-state index < -0.39 is 69.3 Å². The number of nitrogens with one attached hydrogen (secondary N) is 2. The lowest BCUT2D eigenvalue weighted by molar-refractivity contribution is -0.270. The predicted molar refractivity (Wildman–Crippen MR) is 191 cm³/mol. The molecular weight excluding hydrogens is 718 g/mol. The number of ether oxygens (including phenoxy) is 5. The maximum absolute atomic E-state index is 12.3. The minimum absolute atomic E-state index is 0.0401. The highest BCUT2D eigenvalue weighted by atomic mass is 31.2. The first kappa shape index (κ1) is 44.8. The minimum atomic E-state index is -4.35. The molecule has 300 valence electrons. The Bertz CT molecular complexity index is 1300. The number of phosphoric ester groups is 1. The van der Waals surface area contributed by atoms with Crippen molar-refractivity contribution in [2.24, 2.45) is 5.92 Å². The van der Waals surface area contributed by atoms with Crippen molar-refractivity contribution in [3.05, 3.63) is 35.9 Å². The molecule has 10 atom stereocenters. The van der Waals surface area contributed by atoms with Crippen molar-refractivity contribution in [2.45, 2.75) is 120 Å². The van der Waals surface area contributed by atoms with Gasteiger partial charge in [-0.15, -0.1) is 0 Å². The Kier molecular flexibility index (Phi) is 19.7. The van der Waals surface area contributed by atoms with Crippen molar-refractivity contribution >= 4 is 33.6 Å². The van der Waals surface area contributed by atoms with E-state index >= 15 is 0 Å². The van der Waals surface area contributed by atoms with Gasteiger partial charge in [-0.25, -0.2) is 9.36 Å². The van der Waals surface area contributed by atoms with Gasteiger partial charge in [0.2, 0.25) is 11.8 Å². The fourth-order valence-electron chi connectivity index (χ4n) is 6.33. The number of unbranched alkanes of at least 4 members (excludes halogenated alkanes) is 5.